The van der Waals surface area contributed by atoms with E-state index in [1.165, 1.54) is 0 Å². The van der Waals surface area contributed by atoms with Gasteiger partial charge in [0.05, 0.1) is 5.70 Å². The molecule has 1 aromatic heterocycles. The normalized spacial score (nSPS) is 11.9. The lowest BCUT2D eigenvalue weighted by molar-refractivity contribution is 0.457. The number of nitrogens with one attached hydrogen (secondary N) is 1. The monoisotopic (exact) mass is 216 g/mol. The minimum absolute atomic E-state index is 0.0656. The topological polar surface area (TPSA) is 65.4 Å². The number of para-hydroxylation sites is 1. The van der Waals surface area contributed by atoms with Gasteiger partial charge in [0.1, 0.15) is 0 Å². The van der Waals surface area contributed by atoms with Gasteiger partial charge in [0.15, 0.2) is 5.88 Å². The third-order valence-electron chi connectivity index (χ3n) is 2.52. The molecule has 4 heteroatoms. The van der Waals surface area contributed by atoms with Crippen LogP contribution in [0, 0.1) is 4.91 Å². The molecule has 1 heterocycles. The van der Waals surface area contributed by atoms with Gasteiger partial charge in [-0.05, 0) is 23.7 Å². The maximum absolute atomic E-state index is 10.5. The molecule has 0 saturated heterocycles. The minimum atomic E-state index is 0.0656. The van der Waals surface area contributed by atoms with Crippen molar-refractivity contribution in [3.63, 3.8) is 0 Å². The first kappa shape index (κ1) is 10.4. The van der Waals surface area contributed by atoms with E-state index in [9.17, 15) is 10.0 Å². The van der Waals surface area contributed by atoms with Crippen molar-refractivity contribution >= 4 is 17.0 Å². The first-order valence-electron chi connectivity index (χ1n) is 5.10. The van der Waals surface area contributed by atoms with Gasteiger partial charge < -0.3 is 10.1 Å². The van der Waals surface area contributed by atoms with Crippen LogP contribution in [0.5, 0.6) is 5.88 Å². The van der Waals surface area contributed by atoms with Crippen LogP contribution in [-0.4, -0.2) is 10.1 Å². The summed E-state index contributed by atoms with van der Waals surface area (Å²) in [7, 11) is 0. The number of hydrogen-bond donors (Lipinski definition) is 2. The standard InChI is InChI=1S/C12H12N2O2/c1-2-8(14-16)7-10-9-5-3-4-6-11(9)13-12(10)15/h3-7,13,15H,2H2,1H3/b8-7-. The fraction of sp³-hybridized carbons (Fsp3) is 0.167. The number of aromatic nitrogens is 1. The Kier molecular flexibility index (Phi) is 2.72. The maximum Gasteiger partial charge on any atom is 0.196 e. The molecular formula is C12H12N2O2. The molecule has 82 valence electrons. The molecule has 2 aromatic rings. The van der Waals surface area contributed by atoms with Crippen LogP contribution in [0.4, 0.5) is 0 Å². The van der Waals surface area contributed by atoms with Gasteiger partial charge in [-0.2, -0.15) is 0 Å². The number of rotatable bonds is 3. The Morgan fingerprint density at radius 3 is 2.94 bits per heavy atom. The molecule has 0 bridgehead atoms. The summed E-state index contributed by atoms with van der Waals surface area (Å²) in [4.78, 5) is 13.3. The predicted molar refractivity (Wildman–Crippen MR) is 64.0 cm³/mol. The van der Waals surface area contributed by atoms with E-state index in [1.807, 2.05) is 31.2 Å². The molecule has 0 saturated carbocycles. The molecule has 2 rings (SSSR count). The zero-order valence-corrected chi connectivity index (χ0v) is 8.90. The van der Waals surface area contributed by atoms with Crippen LogP contribution in [0.1, 0.15) is 18.9 Å². The highest BCUT2D eigenvalue weighted by atomic mass is 16.3. The van der Waals surface area contributed by atoms with Gasteiger partial charge in [0.2, 0.25) is 0 Å². The maximum atomic E-state index is 10.5. The van der Waals surface area contributed by atoms with E-state index < -0.39 is 0 Å². The molecular weight excluding hydrogens is 204 g/mol. The molecule has 4 nitrogen and oxygen atoms in total. The molecule has 2 N–H and O–H groups in total. The summed E-state index contributed by atoms with van der Waals surface area (Å²) >= 11 is 0. The fourth-order valence-electron chi connectivity index (χ4n) is 1.66. The minimum Gasteiger partial charge on any atom is -0.494 e. The fourth-order valence-corrected chi connectivity index (χ4v) is 1.66. The Labute approximate surface area is 92.6 Å². The highest BCUT2D eigenvalue weighted by Gasteiger charge is 2.08. The highest BCUT2D eigenvalue weighted by molar-refractivity contribution is 5.92. The number of aromatic hydroxyl groups is 1. The van der Waals surface area contributed by atoms with Crippen LogP contribution in [0.15, 0.2) is 35.1 Å². The summed E-state index contributed by atoms with van der Waals surface area (Å²) in [6, 6.07) is 7.51. The molecule has 16 heavy (non-hydrogen) atoms. The van der Waals surface area contributed by atoms with Gasteiger partial charge in [-0.1, -0.05) is 25.1 Å². The first-order valence-corrected chi connectivity index (χ1v) is 5.10. The highest BCUT2D eigenvalue weighted by Crippen LogP contribution is 2.29. The molecule has 0 fully saturated rings. The van der Waals surface area contributed by atoms with Gasteiger partial charge in [-0.15, -0.1) is 4.91 Å². The zero-order valence-electron chi connectivity index (χ0n) is 8.90. The summed E-state index contributed by atoms with van der Waals surface area (Å²) < 4.78 is 0. The van der Waals surface area contributed by atoms with E-state index in [0.29, 0.717) is 17.7 Å². The Hall–Kier alpha value is -2.10. The lowest BCUT2D eigenvalue weighted by Gasteiger charge is -1.94. The van der Waals surface area contributed by atoms with E-state index >= 15 is 0 Å². The van der Waals surface area contributed by atoms with Crippen LogP contribution in [0.2, 0.25) is 0 Å². The second-order valence-corrected chi connectivity index (χ2v) is 3.51. The largest absolute Gasteiger partial charge is 0.494 e. The molecule has 0 aliphatic rings. The van der Waals surface area contributed by atoms with E-state index in [-0.39, 0.29) is 5.88 Å². The Morgan fingerprint density at radius 1 is 1.50 bits per heavy atom. The zero-order chi connectivity index (χ0) is 11.5. The van der Waals surface area contributed by atoms with Crippen molar-refractivity contribution in [1.29, 1.82) is 0 Å². The molecule has 0 aliphatic heterocycles. The molecule has 0 amide bonds. The third kappa shape index (κ3) is 1.69. The first-order chi connectivity index (χ1) is 7.76. The number of aromatic amines is 1. The van der Waals surface area contributed by atoms with Crippen molar-refractivity contribution in [2.45, 2.75) is 13.3 Å². The van der Waals surface area contributed by atoms with Crippen LogP contribution in [-0.2, 0) is 0 Å². The SMILES string of the molecule is CC/C(=C/c1c(O)[nH]c2ccccc12)N=O. The lowest BCUT2D eigenvalue weighted by atomic mass is 10.1. The average Bonchev–Trinajstić information content (AvgIpc) is 2.62. The van der Waals surface area contributed by atoms with Gasteiger partial charge in [-0.3, -0.25) is 0 Å². The molecule has 0 aliphatic carbocycles. The summed E-state index contributed by atoms with van der Waals surface area (Å²) in [6.45, 7) is 1.85. The Bertz CT molecular complexity index is 555. The van der Waals surface area contributed by atoms with Crippen molar-refractivity contribution in [3.05, 3.63) is 40.4 Å². The van der Waals surface area contributed by atoms with E-state index in [0.717, 1.165) is 10.9 Å². The lowest BCUT2D eigenvalue weighted by Crippen LogP contribution is -1.75. The van der Waals surface area contributed by atoms with Crippen molar-refractivity contribution in [2.24, 2.45) is 5.18 Å². The number of hydrogen-bond acceptors (Lipinski definition) is 3. The van der Waals surface area contributed by atoms with Crippen LogP contribution in [0.25, 0.3) is 17.0 Å². The quantitative estimate of drug-likeness (QED) is 0.772. The number of allylic oxidation sites excluding steroid dienone is 1. The Morgan fingerprint density at radius 2 is 2.25 bits per heavy atom. The van der Waals surface area contributed by atoms with E-state index in [4.69, 9.17) is 0 Å². The van der Waals surface area contributed by atoms with Crippen LogP contribution < -0.4 is 0 Å². The summed E-state index contributed by atoms with van der Waals surface area (Å²) in [6.07, 6.45) is 2.16. The van der Waals surface area contributed by atoms with Crippen molar-refractivity contribution in [3.8, 4) is 5.88 Å². The number of benzene rings is 1. The summed E-state index contributed by atoms with van der Waals surface area (Å²) in [5, 5.41) is 13.5. The molecule has 0 unspecified atom stereocenters. The van der Waals surface area contributed by atoms with E-state index in [2.05, 4.69) is 10.2 Å². The van der Waals surface area contributed by atoms with Crippen molar-refractivity contribution < 1.29 is 5.11 Å². The van der Waals surface area contributed by atoms with Gasteiger partial charge in [-0.25, -0.2) is 0 Å². The number of nitroso groups, excluding NO2 is 1. The second kappa shape index (κ2) is 4.18. The third-order valence-corrected chi connectivity index (χ3v) is 2.52. The molecule has 0 atom stereocenters. The molecule has 1 aromatic carbocycles. The number of nitrogens with zero attached hydrogens (tertiary/aromatic N) is 1. The molecule has 0 spiro atoms. The summed E-state index contributed by atoms with van der Waals surface area (Å²) in [5.41, 5.74) is 1.87. The van der Waals surface area contributed by atoms with Gasteiger partial charge in [0.25, 0.3) is 0 Å². The summed E-state index contributed by atoms with van der Waals surface area (Å²) in [5.74, 6) is 0.0656. The van der Waals surface area contributed by atoms with Gasteiger partial charge in [0, 0.05) is 16.5 Å². The Balaban J connectivity index is 2.63. The second-order valence-electron chi connectivity index (χ2n) is 3.51. The average molecular weight is 216 g/mol. The predicted octanol–water partition coefficient (Wildman–Crippen LogP) is 3.39. The van der Waals surface area contributed by atoms with E-state index in [1.54, 1.807) is 6.08 Å². The van der Waals surface area contributed by atoms with Gasteiger partial charge >= 0.3 is 0 Å². The smallest absolute Gasteiger partial charge is 0.196 e. The van der Waals surface area contributed by atoms with Crippen LogP contribution >= 0.6 is 0 Å². The number of fused-ring (bicyclic) bond motifs is 1. The molecule has 0 radical (unpaired) electrons. The van der Waals surface area contributed by atoms with Crippen molar-refractivity contribution in [1.82, 2.24) is 4.98 Å². The van der Waals surface area contributed by atoms with Crippen molar-refractivity contribution in [2.75, 3.05) is 0 Å². The van der Waals surface area contributed by atoms with Crippen LogP contribution in [0.3, 0.4) is 0 Å². The number of H-pyrrole nitrogens is 1.